The third-order valence-electron chi connectivity index (χ3n) is 5.13. The summed E-state index contributed by atoms with van der Waals surface area (Å²) < 4.78 is 0. The van der Waals surface area contributed by atoms with Gasteiger partial charge in [-0.05, 0) is 56.7 Å². The van der Waals surface area contributed by atoms with E-state index < -0.39 is 0 Å². The van der Waals surface area contributed by atoms with Crippen molar-refractivity contribution >= 4 is 16.9 Å². The minimum Gasteiger partial charge on any atom is -0.393 e. The Bertz CT molecular complexity index is 723. The fraction of sp³-hybridized carbons (Fsp3) is 0.579. The molecule has 2 aromatic rings. The smallest absolute Gasteiger partial charge is 0.223 e. The van der Waals surface area contributed by atoms with E-state index in [9.17, 15) is 9.90 Å². The average Bonchev–Trinajstić information content (AvgIpc) is 2.99. The summed E-state index contributed by atoms with van der Waals surface area (Å²) >= 11 is 0. The van der Waals surface area contributed by atoms with Crippen LogP contribution < -0.4 is 5.32 Å². The van der Waals surface area contributed by atoms with Crippen molar-refractivity contribution < 1.29 is 9.90 Å². The van der Waals surface area contributed by atoms with Crippen molar-refractivity contribution in [1.82, 2.24) is 15.3 Å². The fourth-order valence-electron chi connectivity index (χ4n) is 3.50. The van der Waals surface area contributed by atoms with Gasteiger partial charge in [0.25, 0.3) is 0 Å². The third kappa shape index (κ3) is 3.78. The summed E-state index contributed by atoms with van der Waals surface area (Å²) in [5.41, 5.74) is 4.60. The normalized spacial score (nSPS) is 21.1. The van der Waals surface area contributed by atoms with Crippen molar-refractivity contribution in [3.63, 3.8) is 0 Å². The van der Waals surface area contributed by atoms with E-state index in [1.807, 2.05) is 0 Å². The molecule has 1 aliphatic carbocycles. The van der Waals surface area contributed by atoms with E-state index in [4.69, 9.17) is 0 Å². The molecule has 1 aliphatic rings. The van der Waals surface area contributed by atoms with Crippen molar-refractivity contribution in [2.75, 3.05) is 6.54 Å². The van der Waals surface area contributed by atoms with Gasteiger partial charge in [0.2, 0.25) is 5.91 Å². The van der Waals surface area contributed by atoms with Crippen LogP contribution in [0.5, 0.6) is 0 Å². The maximum atomic E-state index is 12.1. The standard InChI is InChI=1S/C19H27N3O2/c1-12-8-9-16-18(13(12)2)22-17(21-16)7-4-10-20-19(24)14-5-3-6-15(23)11-14/h8-9,14-15,23H,3-7,10-11H2,1-2H3,(H,20,24)(H,21,22)/t14-,15+/m0/s1. The number of nitrogens with one attached hydrogen (secondary N) is 2. The molecule has 1 saturated carbocycles. The monoisotopic (exact) mass is 329 g/mol. The number of benzene rings is 1. The number of H-pyrrole nitrogens is 1. The zero-order valence-electron chi connectivity index (χ0n) is 14.6. The van der Waals surface area contributed by atoms with Gasteiger partial charge in [0.1, 0.15) is 5.82 Å². The lowest BCUT2D eigenvalue weighted by molar-refractivity contribution is -0.127. The average molecular weight is 329 g/mol. The van der Waals surface area contributed by atoms with Gasteiger partial charge in [-0.15, -0.1) is 0 Å². The van der Waals surface area contributed by atoms with E-state index in [1.54, 1.807) is 0 Å². The van der Waals surface area contributed by atoms with Gasteiger partial charge in [0, 0.05) is 18.9 Å². The Balaban J connectivity index is 1.48. The Morgan fingerprint density at radius 1 is 1.38 bits per heavy atom. The summed E-state index contributed by atoms with van der Waals surface area (Å²) in [4.78, 5) is 20.2. The van der Waals surface area contributed by atoms with Crippen molar-refractivity contribution in [2.45, 2.75) is 58.5 Å². The van der Waals surface area contributed by atoms with E-state index >= 15 is 0 Å². The van der Waals surface area contributed by atoms with E-state index in [0.29, 0.717) is 13.0 Å². The summed E-state index contributed by atoms with van der Waals surface area (Å²) in [6, 6.07) is 4.18. The first kappa shape index (κ1) is 17.0. The summed E-state index contributed by atoms with van der Waals surface area (Å²) in [5.74, 6) is 1.04. The van der Waals surface area contributed by atoms with Crippen LogP contribution in [0, 0.1) is 19.8 Å². The van der Waals surface area contributed by atoms with Crippen LogP contribution in [0.2, 0.25) is 0 Å². The molecule has 130 valence electrons. The number of carbonyl (C=O) groups is 1. The number of aliphatic hydroxyl groups excluding tert-OH is 1. The summed E-state index contributed by atoms with van der Waals surface area (Å²) in [5, 5.41) is 12.7. The Labute approximate surface area is 142 Å². The fourth-order valence-corrected chi connectivity index (χ4v) is 3.50. The molecule has 0 aliphatic heterocycles. The Morgan fingerprint density at radius 3 is 3.00 bits per heavy atom. The van der Waals surface area contributed by atoms with Gasteiger partial charge in [-0.25, -0.2) is 4.98 Å². The first-order valence-corrected chi connectivity index (χ1v) is 8.95. The zero-order chi connectivity index (χ0) is 17.1. The van der Waals surface area contributed by atoms with Crippen molar-refractivity contribution in [3.05, 3.63) is 29.1 Å². The lowest BCUT2D eigenvalue weighted by Gasteiger charge is -2.24. The lowest BCUT2D eigenvalue weighted by Crippen LogP contribution is -2.35. The highest BCUT2D eigenvalue weighted by Crippen LogP contribution is 2.24. The van der Waals surface area contributed by atoms with Crippen LogP contribution in [0.4, 0.5) is 0 Å². The number of fused-ring (bicyclic) bond motifs is 1. The Kier molecular flexibility index (Phi) is 5.19. The maximum absolute atomic E-state index is 12.1. The quantitative estimate of drug-likeness (QED) is 0.738. The van der Waals surface area contributed by atoms with Crippen LogP contribution in [0.1, 0.15) is 49.1 Å². The number of aromatic amines is 1. The molecule has 5 nitrogen and oxygen atoms in total. The first-order chi connectivity index (χ1) is 11.5. The molecule has 0 unspecified atom stereocenters. The number of hydrogen-bond donors (Lipinski definition) is 3. The van der Waals surface area contributed by atoms with Crippen LogP contribution in [0.25, 0.3) is 11.0 Å². The molecule has 24 heavy (non-hydrogen) atoms. The van der Waals surface area contributed by atoms with Crippen molar-refractivity contribution in [3.8, 4) is 0 Å². The number of amides is 1. The third-order valence-corrected chi connectivity index (χ3v) is 5.13. The molecular weight excluding hydrogens is 302 g/mol. The predicted octanol–water partition coefficient (Wildman–Crippen LogP) is 2.78. The highest BCUT2D eigenvalue weighted by Gasteiger charge is 2.25. The molecule has 1 aromatic heterocycles. The second-order valence-corrected chi connectivity index (χ2v) is 7.00. The number of imidazole rings is 1. The van der Waals surface area contributed by atoms with E-state index in [1.165, 1.54) is 11.1 Å². The molecule has 1 aromatic carbocycles. The zero-order valence-corrected chi connectivity index (χ0v) is 14.6. The SMILES string of the molecule is Cc1ccc2[nH]c(CCCNC(=O)[C@H]3CCC[C@@H](O)C3)nc2c1C. The van der Waals surface area contributed by atoms with Crippen LogP contribution in [-0.2, 0) is 11.2 Å². The molecule has 0 radical (unpaired) electrons. The topological polar surface area (TPSA) is 78.0 Å². The van der Waals surface area contributed by atoms with Gasteiger partial charge in [0.15, 0.2) is 0 Å². The van der Waals surface area contributed by atoms with Gasteiger partial charge in [-0.1, -0.05) is 12.5 Å². The number of aliphatic hydroxyl groups is 1. The molecule has 3 rings (SSSR count). The highest BCUT2D eigenvalue weighted by atomic mass is 16.3. The second-order valence-electron chi connectivity index (χ2n) is 7.00. The molecule has 0 bridgehead atoms. The largest absolute Gasteiger partial charge is 0.393 e. The molecule has 5 heteroatoms. The molecular formula is C19H27N3O2. The maximum Gasteiger partial charge on any atom is 0.223 e. The molecule has 0 spiro atoms. The molecule has 1 amide bonds. The van der Waals surface area contributed by atoms with Crippen LogP contribution in [0.15, 0.2) is 12.1 Å². The lowest BCUT2D eigenvalue weighted by atomic mass is 9.87. The number of aryl methyl sites for hydroxylation is 3. The molecule has 0 saturated heterocycles. The predicted molar refractivity (Wildman–Crippen MR) is 94.9 cm³/mol. The van der Waals surface area contributed by atoms with E-state index in [-0.39, 0.29) is 17.9 Å². The summed E-state index contributed by atoms with van der Waals surface area (Å²) in [6.07, 6.45) is 4.64. The number of carbonyl (C=O) groups excluding carboxylic acids is 1. The van der Waals surface area contributed by atoms with Crippen molar-refractivity contribution in [1.29, 1.82) is 0 Å². The van der Waals surface area contributed by atoms with E-state index in [2.05, 4.69) is 41.3 Å². The highest BCUT2D eigenvalue weighted by molar-refractivity contribution is 5.80. The Morgan fingerprint density at radius 2 is 2.21 bits per heavy atom. The number of nitrogens with zero attached hydrogens (tertiary/aromatic N) is 1. The minimum atomic E-state index is -0.309. The first-order valence-electron chi connectivity index (χ1n) is 8.95. The molecule has 1 fully saturated rings. The number of hydrogen-bond acceptors (Lipinski definition) is 3. The van der Waals surface area contributed by atoms with Gasteiger partial charge in [-0.3, -0.25) is 4.79 Å². The molecule has 3 N–H and O–H groups in total. The number of rotatable bonds is 5. The second kappa shape index (κ2) is 7.34. The summed E-state index contributed by atoms with van der Waals surface area (Å²) in [6.45, 7) is 4.85. The molecule has 2 atom stereocenters. The van der Waals surface area contributed by atoms with Gasteiger partial charge in [0.05, 0.1) is 17.1 Å². The van der Waals surface area contributed by atoms with Crippen molar-refractivity contribution in [2.24, 2.45) is 5.92 Å². The van der Waals surface area contributed by atoms with Crippen LogP contribution in [-0.4, -0.2) is 33.6 Å². The minimum absolute atomic E-state index is 0.0226. The number of aromatic nitrogens is 2. The van der Waals surface area contributed by atoms with Crippen LogP contribution in [0.3, 0.4) is 0 Å². The van der Waals surface area contributed by atoms with Gasteiger partial charge >= 0.3 is 0 Å². The van der Waals surface area contributed by atoms with Gasteiger partial charge in [-0.2, -0.15) is 0 Å². The summed E-state index contributed by atoms with van der Waals surface area (Å²) in [7, 11) is 0. The van der Waals surface area contributed by atoms with E-state index in [0.717, 1.165) is 49.0 Å². The van der Waals surface area contributed by atoms with Crippen LogP contribution >= 0.6 is 0 Å². The Hall–Kier alpha value is -1.88. The molecule has 1 heterocycles. The van der Waals surface area contributed by atoms with Gasteiger partial charge < -0.3 is 15.4 Å².